The third kappa shape index (κ3) is 7.00. The van der Waals surface area contributed by atoms with Gasteiger partial charge in [0.1, 0.15) is 16.7 Å². The van der Waals surface area contributed by atoms with E-state index >= 15 is 0 Å². The molecule has 12 aromatic carbocycles. The Balaban J connectivity index is 1.10. The Morgan fingerprint density at radius 3 is 1.12 bits per heavy atom. The predicted octanol–water partition coefficient (Wildman–Crippen LogP) is 20.1. The van der Waals surface area contributed by atoms with Crippen LogP contribution < -0.4 is 9.80 Å². The second kappa shape index (κ2) is 18.0. The molecule has 15 rings (SSSR count). The van der Waals surface area contributed by atoms with Crippen LogP contribution in [0.5, 0.6) is 0 Å². The smallest absolute Gasteiger partial charge is 0.160 e. The van der Waals surface area contributed by atoms with Gasteiger partial charge in [0.15, 0.2) is 5.58 Å². The summed E-state index contributed by atoms with van der Waals surface area (Å²) < 4.78 is 14.8. The Bertz CT molecular complexity index is 4420. The number of fused-ring (bicyclic) bond motifs is 11. The largest absolute Gasteiger partial charge is 0.455 e. The molecule has 0 saturated carbocycles. The molecule has 0 bridgehead atoms. The molecule has 0 unspecified atom stereocenters. The fourth-order valence-corrected chi connectivity index (χ4v) is 12.4. The van der Waals surface area contributed by atoms with E-state index in [9.17, 15) is 0 Å². The fraction of sp³-hybridized carbons (Fsp3) is 0.0137. The topological polar surface area (TPSA) is 32.8 Å². The van der Waals surface area contributed by atoms with E-state index in [0.29, 0.717) is 0 Å². The highest BCUT2D eigenvalue weighted by Gasteiger charge is 2.50. The number of furan rings is 2. The van der Waals surface area contributed by atoms with Gasteiger partial charge in [-0.3, -0.25) is 0 Å². The van der Waals surface area contributed by atoms with E-state index in [1.54, 1.807) is 0 Å². The summed E-state index contributed by atoms with van der Waals surface area (Å²) >= 11 is 0. The van der Waals surface area contributed by atoms with E-state index < -0.39 is 5.41 Å². The van der Waals surface area contributed by atoms with Gasteiger partial charge >= 0.3 is 0 Å². The average Bonchev–Trinajstić information content (AvgIpc) is 3.59. The van der Waals surface area contributed by atoms with Crippen molar-refractivity contribution in [2.45, 2.75) is 5.41 Å². The quantitative estimate of drug-likeness (QED) is 0.137. The molecular formula is C73H48N2O2. The fourth-order valence-electron chi connectivity index (χ4n) is 12.4. The third-order valence-corrected chi connectivity index (χ3v) is 15.7. The molecule has 14 aromatic rings. The minimum absolute atomic E-state index is 0.793. The summed E-state index contributed by atoms with van der Waals surface area (Å²) in [6.45, 7) is 0. The van der Waals surface area contributed by atoms with Crippen LogP contribution in [0.4, 0.5) is 34.1 Å². The molecule has 1 aliphatic carbocycles. The summed E-state index contributed by atoms with van der Waals surface area (Å²) in [6, 6.07) is 105. The second-order valence-corrected chi connectivity index (χ2v) is 19.9. The summed E-state index contributed by atoms with van der Waals surface area (Å²) in [7, 11) is 0. The maximum absolute atomic E-state index is 7.49. The van der Waals surface area contributed by atoms with Gasteiger partial charge in [-0.2, -0.15) is 0 Å². The highest BCUT2D eigenvalue weighted by molar-refractivity contribution is 6.26. The monoisotopic (exact) mass is 984 g/mol. The summed E-state index contributed by atoms with van der Waals surface area (Å²) in [5.74, 6) is 0. The highest BCUT2D eigenvalue weighted by atomic mass is 16.3. The van der Waals surface area contributed by atoms with Gasteiger partial charge in [-0.25, -0.2) is 0 Å². The molecule has 4 nitrogen and oxygen atoms in total. The van der Waals surface area contributed by atoms with E-state index in [1.807, 2.05) is 0 Å². The standard InChI is InChI=1S/C73H48N2O2/c1-7-23-49(24-8-1)51-39-43-57(44-40-51)74(55-31-15-5-16-32-55)63-47-62-70(72-67(63)59-35-19-21-37-65(59)77-72)69-61(73(62,53-27-11-3-12-28-53)54-29-13-4-14-30-54)48-64(71-68(69)60-36-20-22-38-66(60)76-71)75(56-33-17-6-18-34-56)58-45-41-52(42-46-58)50-25-9-2-10-26-50/h1-48H. The van der Waals surface area contributed by atoms with Crippen molar-refractivity contribution in [3.8, 4) is 33.4 Å². The first kappa shape index (κ1) is 44.3. The van der Waals surface area contributed by atoms with Gasteiger partial charge in [0.25, 0.3) is 0 Å². The van der Waals surface area contributed by atoms with E-state index in [-0.39, 0.29) is 0 Å². The maximum Gasteiger partial charge on any atom is 0.160 e. The first-order chi connectivity index (χ1) is 38.2. The van der Waals surface area contributed by atoms with Crippen molar-refractivity contribution >= 4 is 78.0 Å². The average molecular weight is 985 g/mol. The first-order valence-corrected chi connectivity index (χ1v) is 26.3. The van der Waals surface area contributed by atoms with Crippen LogP contribution in [0.2, 0.25) is 0 Å². The van der Waals surface area contributed by atoms with Crippen LogP contribution in [0.25, 0.3) is 77.3 Å². The molecule has 0 atom stereocenters. The number of hydrogen-bond donors (Lipinski definition) is 0. The van der Waals surface area contributed by atoms with Crippen LogP contribution in [0.15, 0.2) is 300 Å². The lowest BCUT2D eigenvalue weighted by Gasteiger charge is -2.36. The molecule has 1 aliphatic rings. The lowest BCUT2D eigenvalue weighted by Crippen LogP contribution is -2.29. The molecule has 4 heteroatoms. The number of para-hydroxylation sites is 4. The van der Waals surface area contributed by atoms with Crippen LogP contribution in [-0.2, 0) is 5.41 Å². The van der Waals surface area contributed by atoms with Crippen molar-refractivity contribution in [3.05, 3.63) is 313 Å². The van der Waals surface area contributed by atoms with Crippen molar-refractivity contribution in [3.63, 3.8) is 0 Å². The SMILES string of the molecule is c1ccc(-c2ccc(N(c3ccccc3)c3cc4c(c5c3oc3ccccc35)-c3c(cc(N(c5ccccc5)c5ccc(-c6ccccc6)cc5)c5c3oc3ccccc35)C4(c3ccccc3)c3ccccc3)cc2)cc1. The second-order valence-electron chi connectivity index (χ2n) is 19.9. The Labute approximate surface area is 446 Å². The minimum Gasteiger partial charge on any atom is -0.455 e. The maximum atomic E-state index is 7.49. The zero-order valence-electron chi connectivity index (χ0n) is 41.9. The lowest BCUT2D eigenvalue weighted by atomic mass is 9.67. The van der Waals surface area contributed by atoms with Crippen molar-refractivity contribution in [1.29, 1.82) is 0 Å². The molecule has 0 aliphatic heterocycles. The zero-order chi connectivity index (χ0) is 50.9. The zero-order valence-corrected chi connectivity index (χ0v) is 41.9. The minimum atomic E-state index is -0.879. The number of nitrogens with zero attached hydrogens (tertiary/aromatic N) is 2. The molecule has 0 radical (unpaired) electrons. The number of rotatable bonds is 10. The van der Waals surface area contributed by atoms with E-state index in [1.165, 1.54) is 11.1 Å². The van der Waals surface area contributed by atoms with E-state index in [4.69, 9.17) is 8.83 Å². The van der Waals surface area contributed by atoms with E-state index in [0.717, 1.165) is 123 Å². The van der Waals surface area contributed by atoms with Gasteiger partial charge < -0.3 is 18.6 Å². The first-order valence-electron chi connectivity index (χ1n) is 26.3. The molecule has 2 heterocycles. The normalized spacial score (nSPS) is 12.5. The molecule has 0 fully saturated rings. The van der Waals surface area contributed by atoms with Crippen LogP contribution >= 0.6 is 0 Å². The van der Waals surface area contributed by atoms with Crippen molar-refractivity contribution in [2.75, 3.05) is 9.80 Å². The number of benzene rings is 12. The molecule has 362 valence electrons. The lowest BCUT2D eigenvalue weighted by molar-refractivity contribution is 0.668. The van der Waals surface area contributed by atoms with Crippen LogP contribution in [0.3, 0.4) is 0 Å². The molecule has 0 N–H and O–H groups in total. The van der Waals surface area contributed by atoms with Crippen LogP contribution in [0, 0.1) is 0 Å². The van der Waals surface area contributed by atoms with Gasteiger partial charge in [-0.15, -0.1) is 0 Å². The van der Waals surface area contributed by atoms with Gasteiger partial charge in [0.2, 0.25) is 0 Å². The Hall–Kier alpha value is -10.2. The predicted molar refractivity (Wildman–Crippen MR) is 319 cm³/mol. The van der Waals surface area contributed by atoms with Gasteiger partial charge in [0, 0.05) is 50.0 Å². The number of hydrogen-bond acceptors (Lipinski definition) is 4. The van der Waals surface area contributed by atoms with Crippen LogP contribution in [-0.4, -0.2) is 0 Å². The van der Waals surface area contributed by atoms with Crippen molar-refractivity contribution in [1.82, 2.24) is 0 Å². The van der Waals surface area contributed by atoms with Gasteiger partial charge in [0.05, 0.1) is 22.2 Å². The molecule has 0 saturated heterocycles. The third-order valence-electron chi connectivity index (χ3n) is 15.7. The van der Waals surface area contributed by atoms with Crippen LogP contribution in [0.1, 0.15) is 22.3 Å². The number of anilines is 6. The highest BCUT2D eigenvalue weighted by Crippen LogP contribution is 2.64. The summed E-state index contributed by atoms with van der Waals surface area (Å²) in [5.41, 5.74) is 19.8. The van der Waals surface area contributed by atoms with Crippen molar-refractivity contribution < 1.29 is 8.83 Å². The van der Waals surface area contributed by atoms with Gasteiger partial charge in [-0.1, -0.05) is 218 Å². The molecule has 0 amide bonds. The molecular weight excluding hydrogens is 937 g/mol. The van der Waals surface area contributed by atoms with Gasteiger partial charge in [-0.05, 0) is 117 Å². The Kier molecular flexibility index (Phi) is 10.4. The molecule has 2 aromatic heterocycles. The molecule has 77 heavy (non-hydrogen) atoms. The Morgan fingerprint density at radius 2 is 0.623 bits per heavy atom. The molecule has 0 spiro atoms. The Morgan fingerprint density at radius 1 is 0.273 bits per heavy atom. The summed E-state index contributed by atoms with van der Waals surface area (Å²) in [4.78, 5) is 4.80. The summed E-state index contributed by atoms with van der Waals surface area (Å²) in [5, 5.41) is 4.15. The van der Waals surface area contributed by atoms with Crippen molar-refractivity contribution in [2.24, 2.45) is 0 Å². The van der Waals surface area contributed by atoms with E-state index in [2.05, 4.69) is 301 Å². The summed E-state index contributed by atoms with van der Waals surface area (Å²) in [6.07, 6.45) is 0.